The fraction of sp³-hybridized carbons (Fsp3) is 0.429. The molecule has 10 heteroatoms. The first-order chi connectivity index (χ1) is 18.2. The van der Waals surface area contributed by atoms with Crippen LogP contribution in [0.2, 0.25) is 0 Å². The van der Waals surface area contributed by atoms with Crippen LogP contribution >= 0.6 is 11.8 Å². The summed E-state index contributed by atoms with van der Waals surface area (Å²) in [5.41, 5.74) is 0.859. The molecule has 0 aliphatic carbocycles. The molecule has 0 saturated carbocycles. The van der Waals surface area contributed by atoms with Crippen LogP contribution in [0.1, 0.15) is 37.7 Å². The van der Waals surface area contributed by atoms with Gasteiger partial charge in [-0.25, -0.2) is 17.6 Å². The largest absolute Gasteiger partial charge is 0.497 e. The normalized spacial score (nSPS) is 15.6. The van der Waals surface area contributed by atoms with E-state index in [0.29, 0.717) is 84.6 Å². The highest BCUT2D eigenvalue weighted by Gasteiger charge is 2.36. The van der Waals surface area contributed by atoms with Gasteiger partial charge in [-0.05, 0) is 86.5 Å². The van der Waals surface area contributed by atoms with E-state index in [1.807, 2.05) is 0 Å². The lowest BCUT2D eigenvalue weighted by molar-refractivity contribution is -0.140. The number of pyridine rings is 1. The van der Waals surface area contributed by atoms with E-state index in [2.05, 4.69) is 9.88 Å². The first kappa shape index (κ1) is 28.2. The molecule has 1 aromatic heterocycles. The number of benzene rings is 2. The molecule has 38 heavy (non-hydrogen) atoms. The molecule has 204 valence electrons. The number of hydrogen-bond donors (Lipinski definition) is 1. The van der Waals surface area contributed by atoms with Gasteiger partial charge in [-0.15, -0.1) is 11.8 Å². The third-order valence-corrected chi connectivity index (χ3v) is 8.30. The van der Waals surface area contributed by atoms with Crippen LogP contribution in [-0.4, -0.2) is 53.5 Å². The number of aliphatic carboxylic acids is 1. The summed E-state index contributed by atoms with van der Waals surface area (Å²) >= 11 is 1.25. The highest BCUT2D eigenvalue weighted by Crippen LogP contribution is 2.40. The lowest BCUT2D eigenvalue weighted by atomic mass is 9.72. The summed E-state index contributed by atoms with van der Waals surface area (Å²) in [6.45, 7) is 2.05. The quantitative estimate of drug-likeness (QED) is 0.168. The summed E-state index contributed by atoms with van der Waals surface area (Å²) in [4.78, 5) is 18.4. The molecule has 0 amide bonds. The number of halogens is 4. The van der Waals surface area contributed by atoms with Crippen molar-refractivity contribution in [1.29, 1.82) is 0 Å². The van der Waals surface area contributed by atoms with Crippen molar-refractivity contribution in [2.45, 2.75) is 43.4 Å². The molecule has 0 spiro atoms. The van der Waals surface area contributed by atoms with E-state index in [1.165, 1.54) is 18.0 Å². The number of aryl methyl sites for hydroxylation is 1. The summed E-state index contributed by atoms with van der Waals surface area (Å²) in [6, 6.07) is 7.32. The molecule has 1 saturated heterocycles. The average Bonchev–Trinajstić information content (AvgIpc) is 2.89. The van der Waals surface area contributed by atoms with E-state index < -0.39 is 23.4 Å². The van der Waals surface area contributed by atoms with E-state index in [-0.39, 0.29) is 17.7 Å². The molecule has 4 rings (SSSR count). The summed E-state index contributed by atoms with van der Waals surface area (Å²) in [5.74, 6) is -3.93. The Morgan fingerprint density at radius 1 is 1.11 bits per heavy atom. The maximum Gasteiger partial charge on any atom is 0.303 e. The average molecular weight is 551 g/mol. The van der Waals surface area contributed by atoms with E-state index in [9.17, 15) is 27.5 Å². The molecule has 0 bridgehead atoms. The molecule has 2 aromatic carbocycles. The van der Waals surface area contributed by atoms with Gasteiger partial charge in [-0.3, -0.25) is 9.78 Å². The minimum Gasteiger partial charge on any atom is -0.497 e. The number of piperidine rings is 1. The standard InChI is InChI=1S/C28H30F4N2O3S/c1-37-18-4-5-25-21(13-18)20(24(31)17-33-25)3-2-6-28(16-26(35)36)7-9-34(10-8-28)11-12-38-19-14-22(29)27(32)23(30)15-19/h4-5,13-15,17H,2-3,6-12,16H2,1H3,(H,35,36). The second-order valence-electron chi connectivity index (χ2n) is 9.78. The van der Waals surface area contributed by atoms with Gasteiger partial charge in [-0.1, -0.05) is 0 Å². The maximum absolute atomic E-state index is 14.7. The van der Waals surface area contributed by atoms with E-state index in [4.69, 9.17) is 4.74 Å². The second kappa shape index (κ2) is 12.3. The number of thioether (sulfide) groups is 1. The van der Waals surface area contributed by atoms with Gasteiger partial charge < -0.3 is 14.7 Å². The third-order valence-electron chi connectivity index (χ3n) is 7.34. The monoisotopic (exact) mass is 550 g/mol. The Bertz CT molecular complexity index is 1280. The van der Waals surface area contributed by atoms with Crippen molar-refractivity contribution in [2.24, 2.45) is 5.41 Å². The molecule has 2 heterocycles. The van der Waals surface area contributed by atoms with Crippen LogP contribution in [0.15, 0.2) is 41.4 Å². The first-order valence-electron chi connectivity index (χ1n) is 12.5. The van der Waals surface area contributed by atoms with Crippen LogP contribution in [0.5, 0.6) is 5.75 Å². The molecule has 1 fully saturated rings. The van der Waals surface area contributed by atoms with Gasteiger partial charge in [0.25, 0.3) is 0 Å². The van der Waals surface area contributed by atoms with Gasteiger partial charge >= 0.3 is 5.97 Å². The number of methoxy groups -OCH3 is 1. The molecule has 3 aromatic rings. The molecule has 1 aliphatic heterocycles. The smallest absolute Gasteiger partial charge is 0.303 e. The van der Waals surface area contributed by atoms with Crippen LogP contribution in [0, 0.1) is 28.7 Å². The van der Waals surface area contributed by atoms with Gasteiger partial charge in [-0.2, -0.15) is 0 Å². The van der Waals surface area contributed by atoms with Crippen molar-refractivity contribution in [3.8, 4) is 5.75 Å². The lowest BCUT2D eigenvalue weighted by Gasteiger charge is -2.41. The Labute approximate surface area is 223 Å². The number of likely N-dealkylation sites (tertiary alicyclic amines) is 1. The van der Waals surface area contributed by atoms with Gasteiger partial charge in [0, 0.05) is 22.6 Å². The molecular weight excluding hydrogens is 520 g/mol. The van der Waals surface area contributed by atoms with E-state index in [0.717, 1.165) is 12.1 Å². The number of carboxylic acid groups (broad SMARTS) is 1. The van der Waals surface area contributed by atoms with Crippen LogP contribution in [-0.2, 0) is 11.2 Å². The fourth-order valence-corrected chi connectivity index (χ4v) is 6.18. The van der Waals surface area contributed by atoms with Crippen molar-refractivity contribution < 1.29 is 32.2 Å². The summed E-state index contributed by atoms with van der Waals surface area (Å²) in [5, 5.41) is 10.3. The van der Waals surface area contributed by atoms with E-state index >= 15 is 0 Å². The molecular formula is C28H30F4N2O3S. The Hall–Kier alpha value is -2.85. The number of hydrogen-bond acceptors (Lipinski definition) is 5. The number of ether oxygens (including phenoxy) is 1. The van der Waals surface area contributed by atoms with Crippen molar-refractivity contribution >= 4 is 28.6 Å². The van der Waals surface area contributed by atoms with E-state index in [1.54, 1.807) is 25.3 Å². The Kier molecular flexibility index (Phi) is 9.15. The molecule has 5 nitrogen and oxygen atoms in total. The minimum absolute atomic E-state index is 0.0527. The summed E-state index contributed by atoms with van der Waals surface area (Å²) in [6.07, 6.45) is 4.42. The van der Waals surface area contributed by atoms with Gasteiger partial charge in [0.05, 0.1) is 25.2 Å². The Balaban J connectivity index is 1.34. The zero-order valence-corrected chi connectivity index (χ0v) is 21.9. The van der Waals surface area contributed by atoms with Crippen molar-refractivity contribution in [3.05, 3.63) is 65.4 Å². The molecule has 1 aliphatic rings. The van der Waals surface area contributed by atoms with Gasteiger partial charge in [0.2, 0.25) is 0 Å². The van der Waals surface area contributed by atoms with Crippen molar-refractivity contribution in [1.82, 2.24) is 9.88 Å². The number of aromatic nitrogens is 1. The number of carbonyl (C=O) groups is 1. The number of carboxylic acids is 1. The Morgan fingerprint density at radius 2 is 1.82 bits per heavy atom. The first-order valence-corrected chi connectivity index (χ1v) is 13.5. The molecule has 0 radical (unpaired) electrons. The SMILES string of the molecule is COc1ccc2ncc(F)c(CCCC3(CC(=O)O)CCN(CCSc4cc(F)c(F)c(F)c4)CC3)c2c1. The number of rotatable bonds is 11. The second-order valence-corrected chi connectivity index (χ2v) is 11.0. The van der Waals surface area contributed by atoms with Crippen LogP contribution in [0.3, 0.4) is 0 Å². The van der Waals surface area contributed by atoms with Gasteiger partial charge in [0.1, 0.15) is 11.6 Å². The highest BCUT2D eigenvalue weighted by atomic mass is 32.2. The minimum atomic E-state index is -1.47. The fourth-order valence-electron chi connectivity index (χ4n) is 5.22. The maximum atomic E-state index is 14.7. The topological polar surface area (TPSA) is 62.7 Å². The van der Waals surface area contributed by atoms with Crippen molar-refractivity contribution in [3.63, 3.8) is 0 Å². The molecule has 1 N–H and O–H groups in total. The zero-order chi connectivity index (χ0) is 27.3. The lowest BCUT2D eigenvalue weighted by Crippen LogP contribution is -2.42. The summed E-state index contributed by atoms with van der Waals surface area (Å²) in [7, 11) is 1.55. The predicted molar refractivity (Wildman–Crippen MR) is 139 cm³/mol. The Morgan fingerprint density at radius 3 is 2.47 bits per heavy atom. The van der Waals surface area contributed by atoms with Crippen LogP contribution < -0.4 is 4.74 Å². The zero-order valence-electron chi connectivity index (χ0n) is 21.1. The third kappa shape index (κ3) is 6.77. The number of fused-ring (bicyclic) bond motifs is 1. The predicted octanol–water partition coefficient (Wildman–Crippen LogP) is 6.47. The van der Waals surface area contributed by atoms with Gasteiger partial charge in [0.15, 0.2) is 17.5 Å². The molecule has 0 unspecified atom stereocenters. The summed E-state index contributed by atoms with van der Waals surface area (Å²) < 4.78 is 60.0. The van der Waals surface area contributed by atoms with Crippen molar-refractivity contribution in [2.75, 3.05) is 32.5 Å². The number of nitrogens with zero attached hydrogens (tertiary/aromatic N) is 2. The van der Waals surface area contributed by atoms with Crippen LogP contribution in [0.25, 0.3) is 10.9 Å². The van der Waals surface area contributed by atoms with Crippen LogP contribution in [0.4, 0.5) is 17.6 Å². The highest BCUT2D eigenvalue weighted by molar-refractivity contribution is 7.99. The molecule has 0 atom stereocenters.